The number of likely N-dealkylation sites (tertiary alicyclic amines) is 1. The van der Waals surface area contributed by atoms with Crippen molar-refractivity contribution >= 4 is 55.8 Å². The van der Waals surface area contributed by atoms with Gasteiger partial charge in [0, 0.05) is 43.0 Å². The van der Waals surface area contributed by atoms with Crippen LogP contribution in [0.3, 0.4) is 0 Å². The van der Waals surface area contributed by atoms with E-state index in [0.29, 0.717) is 22.2 Å². The first kappa shape index (κ1) is 28.4. The first-order chi connectivity index (χ1) is 20.2. The predicted molar refractivity (Wildman–Crippen MR) is 165 cm³/mol. The Morgan fingerprint density at radius 2 is 1.64 bits per heavy atom. The van der Waals surface area contributed by atoms with Gasteiger partial charge in [0.15, 0.2) is 0 Å². The lowest BCUT2D eigenvalue weighted by atomic mass is 10.0. The summed E-state index contributed by atoms with van der Waals surface area (Å²) in [4.78, 5) is 10.9. The molecule has 2 aromatic heterocycles. The Kier molecular flexibility index (Phi) is 7.80. The second-order valence-corrected chi connectivity index (χ2v) is 12.6. The molecule has 1 aliphatic rings. The highest BCUT2D eigenvalue weighted by Crippen LogP contribution is 2.43. The zero-order valence-corrected chi connectivity index (χ0v) is 24.7. The number of nitrogens with zero attached hydrogens (tertiary/aromatic N) is 4. The molecule has 0 atom stereocenters. The van der Waals surface area contributed by atoms with Gasteiger partial charge in [-0.1, -0.05) is 71.7 Å². The fourth-order valence-corrected chi connectivity index (χ4v) is 7.42. The van der Waals surface area contributed by atoms with Gasteiger partial charge in [-0.15, -0.1) is 0 Å². The van der Waals surface area contributed by atoms with Gasteiger partial charge < -0.3 is 10.3 Å². The summed E-state index contributed by atoms with van der Waals surface area (Å²) in [6.07, 6.45) is 5.19. The van der Waals surface area contributed by atoms with Gasteiger partial charge >= 0.3 is 0 Å². The summed E-state index contributed by atoms with van der Waals surface area (Å²) in [6, 6.07) is 18.9. The van der Waals surface area contributed by atoms with E-state index in [1.807, 2.05) is 12.3 Å². The van der Waals surface area contributed by atoms with E-state index in [9.17, 15) is 12.8 Å². The van der Waals surface area contributed by atoms with Crippen LogP contribution in [0.25, 0.3) is 22.2 Å². The largest absolute Gasteiger partial charge is 0.383 e. The van der Waals surface area contributed by atoms with Crippen molar-refractivity contribution in [2.45, 2.75) is 30.3 Å². The summed E-state index contributed by atoms with van der Waals surface area (Å²) >= 11 is 13.3. The Hall–Kier alpha value is -3.70. The number of fused-ring (bicyclic) bond motifs is 1. The van der Waals surface area contributed by atoms with Crippen molar-refractivity contribution in [2.75, 3.05) is 23.5 Å². The smallest absolute Gasteiger partial charge is 0.263 e. The zero-order valence-electron chi connectivity index (χ0n) is 22.3. The molecule has 1 fully saturated rings. The number of anilines is 2. The van der Waals surface area contributed by atoms with E-state index >= 15 is 0 Å². The summed E-state index contributed by atoms with van der Waals surface area (Å²) in [5.74, 6) is -0.436. The van der Waals surface area contributed by atoms with Crippen molar-refractivity contribution in [1.82, 2.24) is 19.4 Å². The normalized spacial score (nSPS) is 14.8. The maximum Gasteiger partial charge on any atom is 0.263 e. The van der Waals surface area contributed by atoms with Crippen molar-refractivity contribution in [2.24, 2.45) is 0 Å². The van der Waals surface area contributed by atoms with Gasteiger partial charge in [-0.25, -0.2) is 22.8 Å². The van der Waals surface area contributed by atoms with Crippen molar-refractivity contribution < 1.29 is 12.8 Å². The van der Waals surface area contributed by atoms with Crippen molar-refractivity contribution in [1.29, 1.82) is 0 Å². The van der Waals surface area contributed by atoms with Crippen LogP contribution in [-0.4, -0.2) is 40.9 Å². The second kappa shape index (κ2) is 11.5. The van der Waals surface area contributed by atoms with Crippen LogP contribution in [0.15, 0.2) is 84.1 Å². The molecule has 42 heavy (non-hydrogen) atoms. The van der Waals surface area contributed by atoms with Crippen molar-refractivity contribution in [3.63, 3.8) is 0 Å². The van der Waals surface area contributed by atoms with E-state index < -0.39 is 15.8 Å². The van der Waals surface area contributed by atoms with Gasteiger partial charge in [0.1, 0.15) is 28.5 Å². The maximum atomic E-state index is 14.1. The Labute approximate surface area is 253 Å². The third kappa shape index (κ3) is 5.43. The van der Waals surface area contributed by atoms with Crippen LogP contribution in [0.4, 0.5) is 15.9 Å². The number of rotatable bonds is 7. The summed E-state index contributed by atoms with van der Waals surface area (Å²) in [5, 5.41) is 0.443. The minimum atomic E-state index is -4.24. The monoisotopic (exact) mass is 624 g/mol. The van der Waals surface area contributed by atoms with Crippen LogP contribution < -0.4 is 10.5 Å². The van der Waals surface area contributed by atoms with Crippen LogP contribution in [0.2, 0.25) is 10.0 Å². The minimum Gasteiger partial charge on any atom is -0.383 e. The number of piperidine rings is 1. The SMILES string of the molecule is Nc1ncnc2c1c(-c1ccc(S(=O)(=O)Nc3ccccc3F)c(Cl)c1Cl)cn2C1CCN(Cc2ccccc2)CC1. The average Bonchev–Trinajstić information content (AvgIpc) is 3.37. The number of nitrogen functional groups attached to an aromatic ring is 1. The van der Waals surface area contributed by atoms with Gasteiger partial charge in [0.2, 0.25) is 0 Å². The van der Waals surface area contributed by atoms with Gasteiger partial charge in [-0.05, 0) is 36.6 Å². The standard InChI is InChI=1S/C30H27Cl2FN6O2S/c31-27-21(10-11-25(28(27)32)42(40,41)37-24-9-5-4-8-23(24)33)22-17-39(30-26(22)29(34)35-18-36-30)20-12-14-38(15-13-20)16-19-6-2-1-3-7-19/h1-11,17-18,20,37H,12-16H2,(H2,34,35,36). The molecular weight excluding hydrogens is 598 g/mol. The fraction of sp³-hybridized carbons (Fsp3) is 0.200. The topological polar surface area (TPSA) is 106 Å². The third-order valence-corrected chi connectivity index (χ3v) is 9.98. The summed E-state index contributed by atoms with van der Waals surface area (Å²) < 4.78 is 44.7. The molecule has 0 amide bonds. The maximum absolute atomic E-state index is 14.1. The van der Waals surface area contributed by atoms with Gasteiger partial charge in [0.25, 0.3) is 10.0 Å². The molecule has 12 heteroatoms. The number of nitrogens with one attached hydrogen (secondary N) is 1. The number of halogens is 3. The lowest BCUT2D eigenvalue weighted by molar-refractivity contribution is 0.181. The van der Waals surface area contributed by atoms with E-state index in [-0.39, 0.29) is 32.5 Å². The molecule has 216 valence electrons. The van der Waals surface area contributed by atoms with Gasteiger partial charge in [0.05, 0.1) is 21.1 Å². The molecule has 0 bridgehead atoms. The van der Waals surface area contributed by atoms with E-state index in [1.165, 1.54) is 36.2 Å². The summed E-state index contributed by atoms with van der Waals surface area (Å²) in [5.41, 5.74) is 9.23. The average molecular weight is 626 g/mol. The first-order valence-electron chi connectivity index (χ1n) is 13.4. The molecule has 0 spiro atoms. The highest BCUT2D eigenvalue weighted by Gasteiger charge is 2.28. The predicted octanol–water partition coefficient (Wildman–Crippen LogP) is 6.76. The molecular formula is C30H27Cl2FN6O2S. The molecule has 3 aromatic carbocycles. The molecule has 6 rings (SSSR count). The number of sulfonamides is 1. The van der Waals surface area contributed by atoms with Crippen molar-refractivity contribution in [3.8, 4) is 11.1 Å². The second-order valence-electron chi connectivity index (χ2n) is 10.2. The summed E-state index contributed by atoms with van der Waals surface area (Å²) in [6.45, 7) is 2.74. The first-order valence-corrected chi connectivity index (χ1v) is 15.6. The number of hydrogen-bond donors (Lipinski definition) is 2. The third-order valence-electron chi connectivity index (χ3n) is 7.58. The Bertz CT molecular complexity index is 1880. The van der Waals surface area contributed by atoms with Gasteiger partial charge in [-0.2, -0.15) is 0 Å². The number of aromatic nitrogens is 3. The fourth-order valence-electron chi connectivity index (χ4n) is 5.48. The molecule has 3 N–H and O–H groups in total. The molecule has 0 unspecified atom stereocenters. The van der Waals surface area contributed by atoms with E-state index in [1.54, 1.807) is 6.07 Å². The molecule has 1 saturated heterocycles. The van der Waals surface area contributed by atoms with Crippen LogP contribution in [-0.2, 0) is 16.6 Å². The Morgan fingerprint density at radius 1 is 0.929 bits per heavy atom. The van der Waals surface area contributed by atoms with E-state index in [2.05, 4.69) is 48.4 Å². The molecule has 1 aliphatic heterocycles. The quantitative estimate of drug-likeness (QED) is 0.207. The van der Waals surface area contributed by atoms with Crippen molar-refractivity contribution in [3.05, 3.63) is 101 Å². The molecule has 3 heterocycles. The molecule has 0 radical (unpaired) electrons. The lowest BCUT2D eigenvalue weighted by Crippen LogP contribution is -2.34. The zero-order chi connectivity index (χ0) is 29.4. The number of para-hydroxylation sites is 1. The summed E-state index contributed by atoms with van der Waals surface area (Å²) in [7, 11) is -4.24. The van der Waals surface area contributed by atoms with Gasteiger partial charge in [-0.3, -0.25) is 9.62 Å². The molecule has 5 aromatic rings. The number of nitrogens with two attached hydrogens (primary N) is 1. The van der Waals surface area contributed by atoms with Crippen LogP contribution >= 0.6 is 23.2 Å². The number of hydrogen-bond acceptors (Lipinski definition) is 6. The lowest BCUT2D eigenvalue weighted by Gasteiger charge is -2.33. The Morgan fingerprint density at radius 3 is 2.38 bits per heavy atom. The molecule has 0 aliphatic carbocycles. The van der Waals surface area contributed by atoms with E-state index in [0.717, 1.165) is 38.5 Å². The van der Waals surface area contributed by atoms with E-state index in [4.69, 9.17) is 28.9 Å². The molecule has 8 nitrogen and oxygen atoms in total. The van der Waals surface area contributed by atoms with Crippen LogP contribution in [0.1, 0.15) is 24.4 Å². The molecule has 0 saturated carbocycles. The minimum absolute atomic E-state index is 0.0214. The highest BCUT2D eigenvalue weighted by molar-refractivity contribution is 7.92. The highest BCUT2D eigenvalue weighted by atomic mass is 35.5. The van der Waals surface area contributed by atoms with Crippen LogP contribution in [0.5, 0.6) is 0 Å². The van der Waals surface area contributed by atoms with Crippen LogP contribution in [0, 0.1) is 5.82 Å². The number of benzene rings is 3. The Balaban J connectivity index is 1.32.